The van der Waals surface area contributed by atoms with Gasteiger partial charge in [0, 0.05) is 23.5 Å². The number of hydrogen-bond acceptors (Lipinski definition) is 7. The lowest BCUT2D eigenvalue weighted by atomic mass is 10.0. The largest absolute Gasteiger partial charge is 0.478 e. The number of amides is 2. The van der Waals surface area contributed by atoms with Crippen LogP contribution >= 0.6 is 11.3 Å². The molecule has 14 heteroatoms. The van der Waals surface area contributed by atoms with Crippen molar-refractivity contribution in [3.8, 4) is 27.4 Å². The Labute approximate surface area is 248 Å². The van der Waals surface area contributed by atoms with Crippen LogP contribution in [0.5, 0.6) is 0 Å². The van der Waals surface area contributed by atoms with Crippen molar-refractivity contribution in [2.45, 2.75) is 39.0 Å². The molecule has 10 nitrogen and oxygen atoms in total. The second-order valence-corrected chi connectivity index (χ2v) is 11.5. The zero-order chi connectivity index (χ0) is 31.4. The predicted octanol–water partition coefficient (Wildman–Crippen LogP) is 6.02. The lowest BCUT2D eigenvalue weighted by Gasteiger charge is -2.19. The molecule has 0 spiro atoms. The minimum atomic E-state index is -4.47. The van der Waals surface area contributed by atoms with E-state index in [1.165, 1.54) is 46.5 Å². The number of ether oxygens (including phenoxy) is 1. The number of hydrogen-bond donors (Lipinski definition) is 3. The monoisotopic (exact) mass is 615 g/mol. The third kappa shape index (κ3) is 8.41. The van der Waals surface area contributed by atoms with Gasteiger partial charge in [-0.2, -0.15) is 13.2 Å². The molecule has 0 fully saturated rings. The SMILES string of the molecule is CC(C)(C)OC(=O)NCCCNC(=O)c1ccc(-c2cc(C(=O)O)cc(-c3cn(-c4ccc(C(F)(F)F)cc4)nn3)c2)s1. The van der Waals surface area contributed by atoms with Crippen molar-refractivity contribution < 1.29 is 37.4 Å². The molecular weight excluding hydrogens is 587 g/mol. The summed E-state index contributed by atoms with van der Waals surface area (Å²) in [5, 5.41) is 23.2. The van der Waals surface area contributed by atoms with Crippen molar-refractivity contribution in [2.75, 3.05) is 13.1 Å². The quantitative estimate of drug-likeness (QED) is 0.196. The number of halogens is 3. The second-order valence-electron chi connectivity index (χ2n) is 10.4. The van der Waals surface area contributed by atoms with Crippen LogP contribution < -0.4 is 10.6 Å². The Morgan fingerprint density at radius 3 is 2.28 bits per heavy atom. The molecule has 0 aliphatic rings. The molecular formula is C29H28F3N5O5S. The highest BCUT2D eigenvalue weighted by atomic mass is 32.1. The molecule has 0 radical (unpaired) electrons. The molecule has 0 aliphatic heterocycles. The first kappa shape index (κ1) is 31.2. The molecule has 3 N–H and O–H groups in total. The Morgan fingerprint density at radius 1 is 0.953 bits per heavy atom. The van der Waals surface area contributed by atoms with Gasteiger partial charge in [0.2, 0.25) is 0 Å². The lowest BCUT2D eigenvalue weighted by molar-refractivity contribution is -0.137. The molecule has 2 aromatic heterocycles. The van der Waals surface area contributed by atoms with Crippen LogP contribution in [0.25, 0.3) is 27.4 Å². The van der Waals surface area contributed by atoms with Gasteiger partial charge in [0.15, 0.2) is 0 Å². The Balaban J connectivity index is 1.45. The molecule has 226 valence electrons. The Bertz CT molecular complexity index is 1620. The van der Waals surface area contributed by atoms with Crippen LogP contribution in [0.1, 0.15) is 52.8 Å². The molecule has 4 rings (SSSR count). The van der Waals surface area contributed by atoms with Gasteiger partial charge in [-0.05, 0) is 87.4 Å². The normalized spacial score (nSPS) is 11.7. The Hall–Kier alpha value is -4.72. The van der Waals surface area contributed by atoms with Gasteiger partial charge in [-0.15, -0.1) is 16.4 Å². The second kappa shape index (κ2) is 12.7. The van der Waals surface area contributed by atoms with E-state index in [-0.39, 0.29) is 11.5 Å². The summed E-state index contributed by atoms with van der Waals surface area (Å²) < 4.78 is 45.2. The standard InChI is InChI=1S/C29H28F3N5O5S/c1-28(2,3)42-27(41)34-12-4-11-33-25(38)24-10-9-23(43-24)18-13-17(14-19(15-18)26(39)40)22-16-37(36-35-22)21-7-5-20(6-8-21)29(30,31)32/h5-10,13-16H,4,11-12H2,1-3H3,(H,33,38)(H,34,41)(H,39,40). The number of nitrogens with zero attached hydrogens (tertiary/aromatic N) is 3. The van der Waals surface area contributed by atoms with Crippen molar-refractivity contribution in [3.63, 3.8) is 0 Å². The molecule has 2 amide bonds. The van der Waals surface area contributed by atoms with Gasteiger partial charge in [-0.25, -0.2) is 14.3 Å². The minimum Gasteiger partial charge on any atom is -0.478 e. The fourth-order valence-corrected chi connectivity index (χ4v) is 4.77. The van der Waals surface area contributed by atoms with Gasteiger partial charge in [-0.1, -0.05) is 5.21 Å². The summed E-state index contributed by atoms with van der Waals surface area (Å²) in [4.78, 5) is 37.3. The highest BCUT2D eigenvalue weighted by Gasteiger charge is 2.30. The Kier molecular flexibility index (Phi) is 9.19. The van der Waals surface area contributed by atoms with E-state index in [2.05, 4.69) is 20.9 Å². The summed E-state index contributed by atoms with van der Waals surface area (Å²) in [6.07, 6.45) is -3.03. The topological polar surface area (TPSA) is 135 Å². The highest BCUT2D eigenvalue weighted by molar-refractivity contribution is 7.17. The molecule has 2 heterocycles. The van der Waals surface area contributed by atoms with E-state index in [0.717, 1.165) is 12.1 Å². The van der Waals surface area contributed by atoms with Crippen LogP contribution in [-0.2, 0) is 10.9 Å². The zero-order valence-corrected chi connectivity index (χ0v) is 24.2. The fourth-order valence-electron chi connectivity index (χ4n) is 3.86. The first-order valence-corrected chi connectivity index (χ1v) is 13.9. The fraction of sp³-hybridized carbons (Fsp3) is 0.276. The number of thiophene rings is 1. The van der Waals surface area contributed by atoms with Gasteiger partial charge < -0.3 is 20.5 Å². The van der Waals surface area contributed by atoms with Crippen molar-refractivity contribution in [1.82, 2.24) is 25.6 Å². The summed E-state index contributed by atoms with van der Waals surface area (Å²) in [6.45, 7) is 5.92. The number of carboxylic acid groups (broad SMARTS) is 1. The van der Waals surface area contributed by atoms with Crippen LogP contribution in [-0.4, -0.2) is 56.8 Å². The van der Waals surface area contributed by atoms with E-state index in [1.54, 1.807) is 39.0 Å². The molecule has 0 saturated carbocycles. The minimum absolute atomic E-state index is 0.0199. The molecule has 0 bridgehead atoms. The van der Waals surface area contributed by atoms with Gasteiger partial charge in [-0.3, -0.25) is 4.79 Å². The first-order chi connectivity index (χ1) is 20.2. The van der Waals surface area contributed by atoms with Gasteiger partial charge in [0.1, 0.15) is 11.3 Å². The van der Waals surface area contributed by atoms with Crippen LogP contribution in [0.2, 0.25) is 0 Å². The summed E-state index contributed by atoms with van der Waals surface area (Å²) in [5.41, 5.74) is 0.181. The van der Waals surface area contributed by atoms with E-state index in [9.17, 15) is 32.7 Å². The number of alkyl carbamates (subject to hydrolysis) is 1. The van der Waals surface area contributed by atoms with Crippen molar-refractivity contribution >= 4 is 29.3 Å². The van der Waals surface area contributed by atoms with Crippen molar-refractivity contribution in [2.24, 2.45) is 0 Å². The first-order valence-electron chi connectivity index (χ1n) is 13.0. The molecule has 4 aromatic rings. The van der Waals surface area contributed by atoms with E-state index >= 15 is 0 Å². The number of carbonyl (C=O) groups excluding carboxylic acids is 2. The third-order valence-electron chi connectivity index (χ3n) is 5.85. The van der Waals surface area contributed by atoms with Gasteiger partial charge in [0.25, 0.3) is 5.91 Å². The number of aromatic nitrogens is 3. The molecule has 0 saturated heterocycles. The van der Waals surface area contributed by atoms with Gasteiger partial charge in [0.05, 0.1) is 27.9 Å². The predicted molar refractivity (Wildman–Crippen MR) is 153 cm³/mol. The summed E-state index contributed by atoms with van der Waals surface area (Å²) >= 11 is 1.17. The van der Waals surface area contributed by atoms with E-state index in [0.29, 0.717) is 51.8 Å². The zero-order valence-electron chi connectivity index (χ0n) is 23.4. The smallest absolute Gasteiger partial charge is 0.416 e. The molecule has 0 unspecified atom stereocenters. The number of benzene rings is 2. The summed E-state index contributed by atoms with van der Waals surface area (Å²) in [5.74, 6) is -1.49. The van der Waals surface area contributed by atoms with Crippen molar-refractivity contribution in [1.29, 1.82) is 0 Å². The summed E-state index contributed by atoms with van der Waals surface area (Å²) in [6, 6.07) is 12.3. The molecule has 0 atom stereocenters. The summed E-state index contributed by atoms with van der Waals surface area (Å²) in [7, 11) is 0. The third-order valence-corrected chi connectivity index (χ3v) is 6.98. The Morgan fingerprint density at radius 2 is 1.63 bits per heavy atom. The van der Waals surface area contributed by atoms with Crippen LogP contribution in [0, 0.1) is 0 Å². The van der Waals surface area contributed by atoms with E-state index < -0.39 is 29.4 Å². The molecule has 43 heavy (non-hydrogen) atoms. The van der Waals surface area contributed by atoms with Crippen molar-refractivity contribution in [3.05, 3.63) is 76.8 Å². The van der Waals surface area contributed by atoms with Crippen LogP contribution in [0.3, 0.4) is 0 Å². The maximum absolute atomic E-state index is 12.9. The highest BCUT2D eigenvalue weighted by Crippen LogP contribution is 2.33. The number of aromatic carboxylic acids is 1. The lowest BCUT2D eigenvalue weighted by Crippen LogP contribution is -2.34. The van der Waals surface area contributed by atoms with Gasteiger partial charge >= 0.3 is 18.2 Å². The number of rotatable bonds is 9. The molecule has 2 aromatic carbocycles. The van der Waals surface area contributed by atoms with E-state index in [4.69, 9.17) is 4.74 Å². The maximum atomic E-state index is 12.9. The van der Waals surface area contributed by atoms with E-state index in [1.807, 2.05) is 0 Å². The molecule has 0 aliphatic carbocycles. The van der Waals surface area contributed by atoms with Crippen LogP contribution in [0.4, 0.5) is 18.0 Å². The average Bonchev–Trinajstić information content (AvgIpc) is 3.62. The number of nitrogens with one attached hydrogen (secondary N) is 2. The number of carbonyl (C=O) groups is 3. The van der Waals surface area contributed by atoms with Crippen LogP contribution in [0.15, 0.2) is 60.8 Å². The number of carboxylic acids is 1. The maximum Gasteiger partial charge on any atom is 0.416 e. The number of alkyl halides is 3. The average molecular weight is 616 g/mol.